The third kappa shape index (κ3) is 6.01. The Bertz CT molecular complexity index is 326. The molecule has 2 N–H and O–H groups in total. The van der Waals surface area contributed by atoms with E-state index in [-0.39, 0.29) is 6.04 Å². The molecule has 1 rings (SSSR count). The first-order chi connectivity index (χ1) is 8.74. The molecule has 0 radical (unpaired) electrons. The monoisotopic (exact) mass is 250 g/mol. The van der Waals surface area contributed by atoms with Crippen molar-refractivity contribution in [2.24, 2.45) is 5.73 Å². The van der Waals surface area contributed by atoms with Crippen LogP contribution in [0, 0.1) is 0 Å². The van der Waals surface area contributed by atoms with Gasteiger partial charge in [-0.15, -0.1) is 0 Å². The van der Waals surface area contributed by atoms with Gasteiger partial charge in [-0.3, -0.25) is 0 Å². The number of aromatic nitrogens is 1. The van der Waals surface area contributed by atoms with E-state index in [1.54, 1.807) is 6.20 Å². The van der Waals surface area contributed by atoms with Gasteiger partial charge >= 0.3 is 0 Å². The van der Waals surface area contributed by atoms with Crippen LogP contribution >= 0.6 is 0 Å². The van der Waals surface area contributed by atoms with E-state index >= 15 is 0 Å². The van der Waals surface area contributed by atoms with E-state index in [4.69, 9.17) is 10.5 Å². The zero-order chi connectivity index (χ0) is 13.2. The Morgan fingerprint density at radius 1 is 1.22 bits per heavy atom. The van der Waals surface area contributed by atoms with Crippen LogP contribution in [0.3, 0.4) is 0 Å². The Balaban J connectivity index is 2.17. The number of ether oxygens (including phenoxy) is 1. The summed E-state index contributed by atoms with van der Waals surface area (Å²) in [6, 6.07) is 3.90. The zero-order valence-electron chi connectivity index (χ0n) is 11.7. The van der Waals surface area contributed by atoms with Crippen molar-refractivity contribution in [3.05, 3.63) is 23.9 Å². The van der Waals surface area contributed by atoms with Crippen molar-refractivity contribution in [1.29, 1.82) is 0 Å². The van der Waals surface area contributed by atoms with E-state index < -0.39 is 0 Å². The molecule has 0 spiro atoms. The average Bonchev–Trinajstić information content (AvgIpc) is 2.38. The highest BCUT2D eigenvalue weighted by Gasteiger charge is 2.02. The maximum absolute atomic E-state index is 5.82. The molecule has 102 valence electrons. The van der Waals surface area contributed by atoms with Crippen molar-refractivity contribution in [3.63, 3.8) is 0 Å². The quantitative estimate of drug-likeness (QED) is 0.677. The van der Waals surface area contributed by atoms with Gasteiger partial charge in [-0.2, -0.15) is 0 Å². The minimum atomic E-state index is 0.0318. The summed E-state index contributed by atoms with van der Waals surface area (Å²) < 4.78 is 5.64. The molecule has 1 aromatic heterocycles. The van der Waals surface area contributed by atoms with Gasteiger partial charge in [0.15, 0.2) is 0 Å². The predicted molar refractivity (Wildman–Crippen MR) is 75.7 cm³/mol. The first-order valence-electron chi connectivity index (χ1n) is 7.08. The van der Waals surface area contributed by atoms with Crippen LogP contribution in [0.5, 0.6) is 5.88 Å². The molecule has 1 unspecified atom stereocenters. The minimum Gasteiger partial charge on any atom is -0.478 e. The summed E-state index contributed by atoms with van der Waals surface area (Å²) in [7, 11) is 0. The molecule has 3 heteroatoms. The predicted octanol–water partition coefficient (Wildman–Crippen LogP) is 3.84. The third-order valence-electron chi connectivity index (χ3n) is 3.03. The third-order valence-corrected chi connectivity index (χ3v) is 3.03. The maximum atomic E-state index is 5.82. The Hall–Kier alpha value is -1.09. The average molecular weight is 250 g/mol. The van der Waals surface area contributed by atoms with Crippen LogP contribution in [0.2, 0.25) is 0 Å². The number of rotatable bonds is 9. The molecule has 0 amide bonds. The standard InChI is InChI=1S/C15H26N2O/c1-3-4-5-6-7-8-11-18-15-12-14(13(2)16)9-10-17-15/h9-10,12-13H,3-8,11,16H2,1-2H3. The van der Waals surface area contributed by atoms with Crippen LogP contribution in [0.1, 0.15) is 64.0 Å². The normalized spacial score (nSPS) is 12.4. The second-order valence-electron chi connectivity index (χ2n) is 4.83. The Morgan fingerprint density at radius 2 is 1.94 bits per heavy atom. The van der Waals surface area contributed by atoms with Crippen LogP contribution in [-0.4, -0.2) is 11.6 Å². The fourth-order valence-electron chi connectivity index (χ4n) is 1.85. The van der Waals surface area contributed by atoms with Crippen LogP contribution < -0.4 is 10.5 Å². The lowest BCUT2D eigenvalue weighted by atomic mass is 10.1. The zero-order valence-corrected chi connectivity index (χ0v) is 11.7. The van der Waals surface area contributed by atoms with Gasteiger partial charge in [0.05, 0.1) is 6.61 Å². The molecule has 0 aliphatic carbocycles. The molecule has 0 fully saturated rings. The number of hydrogen-bond donors (Lipinski definition) is 1. The summed E-state index contributed by atoms with van der Waals surface area (Å²) in [4.78, 5) is 4.19. The fraction of sp³-hybridized carbons (Fsp3) is 0.667. The van der Waals surface area contributed by atoms with Crippen molar-refractivity contribution in [2.45, 2.75) is 58.4 Å². The van der Waals surface area contributed by atoms with Crippen LogP contribution in [0.15, 0.2) is 18.3 Å². The van der Waals surface area contributed by atoms with Crippen LogP contribution in [0.4, 0.5) is 0 Å². The smallest absolute Gasteiger partial charge is 0.213 e. The van der Waals surface area contributed by atoms with Crippen LogP contribution in [-0.2, 0) is 0 Å². The number of nitrogens with two attached hydrogens (primary N) is 1. The van der Waals surface area contributed by atoms with Gasteiger partial charge in [0.2, 0.25) is 5.88 Å². The Labute approximate surface area is 111 Å². The fourth-order valence-corrected chi connectivity index (χ4v) is 1.85. The molecule has 0 aromatic carbocycles. The molecular formula is C15H26N2O. The second-order valence-corrected chi connectivity index (χ2v) is 4.83. The lowest BCUT2D eigenvalue weighted by Gasteiger charge is -2.08. The minimum absolute atomic E-state index is 0.0318. The van der Waals surface area contributed by atoms with Crippen molar-refractivity contribution in [3.8, 4) is 5.88 Å². The summed E-state index contributed by atoms with van der Waals surface area (Å²) in [6.45, 7) is 4.95. The number of nitrogens with zero attached hydrogens (tertiary/aromatic N) is 1. The first kappa shape index (κ1) is 15.0. The molecule has 0 saturated carbocycles. The highest BCUT2D eigenvalue weighted by Crippen LogP contribution is 2.15. The number of unbranched alkanes of at least 4 members (excludes halogenated alkanes) is 5. The van der Waals surface area contributed by atoms with Crippen molar-refractivity contribution < 1.29 is 4.74 Å². The number of hydrogen-bond acceptors (Lipinski definition) is 3. The summed E-state index contributed by atoms with van der Waals surface area (Å²) >= 11 is 0. The van der Waals surface area contributed by atoms with E-state index in [0.717, 1.165) is 18.6 Å². The topological polar surface area (TPSA) is 48.1 Å². The largest absolute Gasteiger partial charge is 0.478 e. The molecule has 0 saturated heterocycles. The lowest BCUT2D eigenvalue weighted by molar-refractivity contribution is 0.293. The molecule has 18 heavy (non-hydrogen) atoms. The van der Waals surface area contributed by atoms with Crippen molar-refractivity contribution in [2.75, 3.05) is 6.61 Å². The Morgan fingerprint density at radius 3 is 2.67 bits per heavy atom. The summed E-state index contributed by atoms with van der Waals surface area (Å²) in [5.74, 6) is 0.693. The second kappa shape index (κ2) is 8.92. The molecule has 1 heterocycles. The van der Waals surface area contributed by atoms with Gasteiger partial charge in [0.1, 0.15) is 0 Å². The lowest BCUT2D eigenvalue weighted by Crippen LogP contribution is -2.06. The summed E-state index contributed by atoms with van der Waals surface area (Å²) in [5.41, 5.74) is 6.89. The summed E-state index contributed by atoms with van der Waals surface area (Å²) in [5, 5.41) is 0. The molecular weight excluding hydrogens is 224 g/mol. The van der Waals surface area contributed by atoms with E-state index in [9.17, 15) is 0 Å². The molecule has 1 aromatic rings. The molecule has 3 nitrogen and oxygen atoms in total. The highest BCUT2D eigenvalue weighted by atomic mass is 16.5. The van der Waals surface area contributed by atoms with E-state index in [1.807, 2.05) is 19.1 Å². The SMILES string of the molecule is CCCCCCCCOc1cc(C(C)N)ccn1. The van der Waals surface area contributed by atoms with Crippen molar-refractivity contribution >= 4 is 0 Å². The molecule has 0 aliphatic heterocycles. The van der Waals surface area contributed by atoms with Gasteiger partial charge in [-0.05, 0) is 25.0 Å². The number of pyridine rings is 1. The van der Waals surface area contributed by atoms with Gasteiger partial charge in [-0.25, -0.2) is 4.98 Å². The van der Waals surface area contributed by atoms with Gasteiger partial charge < -0.3 is 10.5 Å². The van der Waals surface area contributed by atoms with Crippen molar-refractivity contribution in [1.82, 2.24) is 4.98 Å². The van der Waals surface area contributed by atoms with Gasteiger partial charge in [-0.1, -0.05) is 39.0 Å². The maximum Gasteiger partial charge on any atom is 0.213 e. The Kier molecular flexibility index (Phi) is 7.42. The van der Waals surface area contributed by atoms with Gasteiger partial charge in [0.25, 0.3) is 0 Å². The highest BCUT2D eigenvalue weighted by molar-refractivity contribution is 5.22. The summed E-state index contributed by atoms with van der Waals surface area (Å²) in [6.07, 6.45) is 9.40. The van der Waals surface area contributed by atoms with Crippen LogP contribution in [0.25, 0.3) is 0 Å². The molecule has 0 bridgehead atoms. The van der Waals surface area contributed by atoms with E-state index in [2.05, 4.69) is 11.9 Å². The first-order valence-corrected chi connectivity index (χ1v) is 7.08. The molecule has 1 atom stereocenters. The molecule has 0 aliphatic rings. The van der Waals surface area contributed by atoms with E-state index in [1.165, 1.54) is 32.1 Å². The van der Waals surface area contributed by atoms with Gasteiger partial charge in [0, 0.05) is 18.3 Å². The van der Waals surface area contributed by atoms with E-state index in [0.29, 0.717) is 5.88 Å².